The first-order valence-corrected chi connectivity index (χ1v) is 7.91. The van der Waals surface area contributed by atoms with E-state index in [0.717, 1.165) is 36.8 Å². The summed E-state index contributed by atoms with van der Waals surface area (Å²) in [5, 5.41) is 12.2. The van der Waals surface area contributed by atoms with Crippen LogP contribution >= 0.6 is 0 Å². The van der Waals surface area contributed by atoms with E-state index in [1.165, 1.54) is 12.1 Å². The molecule has 2 N–H and O–H groups in total. The molecule has 1 aliphatic rings. The highest BCUT2D eigenvalue weighted by Gasteiger charge is 2.42. The van der Waals surface area contributed by atoms with Gasteiger partial charge in [0, 0.05) is 5.69 Å². The van der Waals surface area contributed by atoms with Crippen LogP contribution in [-0.4, -0.2) is 11.0 Å². The molecule has 0 atom stereocenters. The number of aliphatic hydroxyl groups excluding tert-OH is 1. The molecule has 0 bridgehead atoms. The summed E-state index contributed by atoms with van der Waals surface area (Å²) in [6.07, 6.45) is 3.37. The number of nitrogens with one attached hydrogen (secondary N) is 1. The molecule has 0 heterocycles. The molecule has 3 rings (SSSR count). The van der Waals surface area contributed by atoms with Crippen molar-refractivity contribution < 1.29 is 14.3 Å². The zero-order chi connectivity index (χ0) is 16.3. The molecule has 1 aliphatic carbocycles. The average molecular weight is 313 g/mol. The Kier molecular flexibility index (Phi) is 4.44. The van der Waals surface area contributed by atoms with Gasteiger partial charge in [-0.25, -0.2) is 4.39 Å². The molecule has 23 heavy (non-hydrogen) atoms. The normalized spacial score (nSPS) is 16.3. The summed E-state index contributed by atoms with van der Waals surface area (Å²) in [6, 6.07) is 13.5. The number of carbonyl (C=O) groups excluding carboxylic acids is 1. The van der Waals surface area contributed by atoms with Crippen molar-refractivity contribution in [2.75, 3.05) is 5.32 Å². The van der Waals surface area contributed by atoms with E-state index in [9.17, 15) is 14.3 Å². The van der Waals surface area contributed by atoms with Crippen LogP contribution in [0.5, 0.6) is 0 Å². The fourth-order valence-corrected chi connectivity index (χ4v) is 3.41. The van der Waals surface area contributed by atoms with Crippen LogP contribution in [0.4, 0.5) is 10.1 Å². The molecule has 0 radical (unpaired) electrons. The van der Waals surface area contributed by atoms with Crippen molar-refractivity contribution in [2.45, 2.75) is 37.7 Å². The molecular weight excluding hydrogens is 293 g/mol. The predicted molar refractivity (Wildman–Crippen MR) is 87.5 cm³/mol. The molecule has 1 saturated carbocycles. The van der Waals surface area contributed by atoms with Gasteiger partial charge < -0.3 is 10.4 Å². The summed E-state index contributed by atoms with van der Waals surface area (Å²) in [6.45, 7) is -0.0707. The van der Waals surface area contributed by atoms with Gasteiger partial charge >= 0.3 is 0 Å². The highest BCUT2D eigenvalue weighted by Crippen LogP contribution is 2.42. The van der Waals surface area contributed by atoms with Crippen molar-refractivity contribution in [3.63, 3.8) is 0 Å². The minimum absolute atomic E-state index is 0.0707. The van der Waals surface area contributed by atoms with E-state index >= 15 is 0 Å². The van der Waals surface area contributed by atoms with E-state index in [1.54, 1.807) is 30.3 Å². The van der Waals surface area contributed by atoms with Crippen molar-refractivity contribution in [1.82, 2.24) is 0 Å². The Morgan fingerprint density at radius 1 is 1.13 bits per heavy atom. The van der Waals surface area contributed by atoms with Gasteiger partial charge in [-0.1, -0.05) is 37.1 Å². The largest absolute Gasteiger partial charge is 0.392 e. The maximum absolute atomic E-state index is 13.6. The van der Waals surface area contributed by atoms with Crippen LogP contribution in [0.3, 0.4) is 0 Å². The highest BCUT2D eigenvalue weighted by molar-refractivity contribution is 5.99. The lowest BCUT2D eigenvalue weighted by molar-refractivity contribution is -0.121. The molecule has 0 spiro atoms. The standard InChI is InChI=1S/C19H20FNO2/c20-16-7-4-6-15(12-16)19(9-1-2-10-19)18(23)21-17-8-3-5-14(11-17)13-22/h3-8,11-12,22H,1-2,9-10,13H2,(H,21,23). The Hall–Kier alpha value is -2.20. The lowest BCUT2D eigenvalue weighted by Crippen LogP contribution is -2.38. The van der Waals surface area contributed by atoms with Crippen LogP contribution in [0.15, 0.2) is 48.5 Å². The van der Waals surface area contributed by atoms with Gasteiger partial charge in [0.1, 0.15) is 5.82 Å². The van der Waals surface area contributed by atoms with Crippen LogP contribution < -0.4 is 5.32 Å². The third kappa shape index (κ3) is 3.13. The molecule has 2 aromatic rings. The van der Waals surface area contributed by atoms with E-state index in [1.807, 2.05) is 6.07 Å². The van der Waals surface area contributed by atoms with Gasteiger partial charge in [-0.2, -0.15) is 0 Å². The van der Waals surface area contributed by atoms with E-state index < -0.39 is 5.41 Å². The van der Waals surface area contributed by atoms with Gasteiger partial charge in [0.05, 0.1) is 12.0 Å². The zero-order valence-electron chi connectivity index (χ0n) is 12.9. The molecule has 0 aliphatic heterocycles. The molecule has 4 heteroatoms. The second kappa shape index (κ2) is 6.50. The van der Waals surface area contributed by atoms with Crippen LogP contribution in [0.2, 0.25) is 0 Å². The SMILES string of the molecule is O=C(Nc1cccc(CO)c1)C1(c2cccc(F)c2)CCCC1. The Labute approximate surface area is 135 Å². The molecule has 0 saturated heterocycles. The average Bonchev–Trinajstić information content (AvgIpc) is 3.06. The smallest absolute Gasteiger partial charge is 0.235 e. The molecule has 1 amide bonds. The lowest BCUT2D eigenvalue weighted by atomic mass is 9.78. The number of halogens is 1. The monoisotopic (exact) mass is 313 g/mol. The number of aliphatic hydroxyl groups is 1. The number of benzene rings is 2. The first-order chi connectivity index (χ1) is 11.1. The first kappa shape index (κ1) is 15.7. The summed E-state index contributed by atoms with van der Waals surface area (Å²) in [7, 11) is 0. The summed E-state index contributed by atoms with van der Waals surface area (Å²) in [5.74, 6) is -0.417. The van der Waals surface area contributed by atoms with Crippen LogP contribution in [-0.2, 0) is 16.8 Å². The van der Waals surface area contributed by atoms with Crippen molar-refractivity contribution in [1.29, 1.82) is 0 Å². The topological polar surface area (TPSA) is 49.3 Å². The Balaban J connectivity index is 1.90. The fraction of sp³-hybridized carbons (Fsp3) is 0.316. The zero-order valence-corrected chi connectivity index (χ0v) is 12.9. The minimum Gasteiger partial charge on any atom is -0.392 e. The van der Waals surface area contributed by atoms with E-state index in [4.69, 9.17) is 0 Å². The molecule has 2 aromatic carbocycles. The van der Waals surface area contributed by atoms with Gasteiger partial charge in [-0.3, -0.25) is 4.79 Å². The number of amides is 1. The van der Waals surface area contributed by atoms with Crippen LogP contribution in [0, 0.1) is 5.82 Å². The minimum atomic E-state index is -0.669. The quantitative estimate of drug-likeness (QED) is 0.903. The summed E-state index contributed by atoms with van der Waals surface area (Å²) in [4.78, 5) is 13.0. The first-order valence-electron chi connectivity index (χ1n) is 7.91. The van der Waals surface area contributed by atoms with Crippen LogP contribution in [0.1, 0.15) is 36.8 Å². The van der Waals surface area contributed by atoms with Gasteiger partial charge in [0.25, 0.3) is 0 Å². The van der Waals surface area contributed by atoms with E-state index in [-0.39, 0.29) is 18.3 Å². The fourth-order valence-electron chi connectivity index (χ4n) is 3.41. The van der Waals surface area contributed by atoms with Crippen molar-refractivity contribution >= 4 is 11.6 Å². The molecule has 1 fully saturated rings. The lowest BCUT2D eigenvalue weighted by Gasteiger charge is -2.28. The Morgan fingerprint density at radius 3 is 2.57 bits per heavy atom. The highest BCUT2D eigenvalue weighted by atomic mass is 19.1. The maximum Gasteiger partial charge on any atom is 0.235 e. The third-order valence-corrected chi connectivity index (χ3v) is 4.64. The van der Waals surface area contributed by atoms with Gasteiger partial charge in [0.2, 0.25) is 5.91 Å². The summed E-state index contributed by atoms with van der Waals surface area (Å²) >= 11 is 0. The number of carbonyl (C=O) groups is 1. The van der Waals surface area contributed by atoms with E-state index in [0.29, 0.717) is 5.69 Å². The molecule has 0 aromatic heterocycles. The third-order valence-electron chi connectivity index (χ3n) is 4.64. The predicted octanol–water partition coefficient (Wildman–Crippen LogP) is 3.77. The van der Waals surface area contributed by atoms with Gasteiger partial charge in [-0.05, 0) is 48.2 Å². The number of hydrogen-bond donors (Lipinski definition) is 2. The molecular formula is C19H20FNO2. The molecule has 3 nitrogen and oxygen atoms in total. The number of hydrogen-bond acceptors (Lipinski definition) is 2. The van der Waals surface area contributed by atoms with Crippen LogP contribution in [0.25, 0.3) is 0 Å². The number of anilines is 1. The number of rotatable bonds is 4. The second-order valence-electron chi connectivity index (χ2n) is 6.11. The Morgan fingerprint density at radius 2 is 1.87 bits per heavy atom. The second-order valence-corrected chi connectivity index (χ2v) is 6.11. The summed E-state index contributed by atoms with van der Waals surface area (Å²) in [5.41, 5.74) is 1.47. The maximum atomic E-state index is 13.6. The van der Waals surface area contributed by atoms with E-state index in [2.05, 4.69) is 5.32 Å². The molecule has 0 unspecified atom stereocenters. The Bertz CT molecular complexity index is 708. The van der Waals surface area contributed by atoms with Crippen molar-refractivity contribution in [3.8, 4) is 0 Å². The molecule has 120 valence electrons. The van der Waals surface area contributed by atoms with Gasteiger partial charge in [-0.15, -0.1) is 0 Å². The van der Waals surface area contributed by atoms with Crippen molar-refractivity contribution in [3.05, 3.63) is 65.5 Å². The van der Waals surface area contributed by atoms with Gasteiger partial charge in [0.15, 0.2) is 0 Å². The van der Waals surface area contributed by atoms with Crippen molar-refractivity contribution in [2.24, 2.45) is 0 Å². The summed E-state index contributed by atoms with van der Waals surface area (Å²) < 4.78 is 13.6.